The summed E-state index contributed by atoms with van der Waals surface area (Å²) in [6.45, 7) is 2.02. The minimum Gasteiger partial charge on any atom is -0.353 e. The summed E-state index contributed by atoms with van der Waals surface area (Å²) in [6, 6.07) is 0.344. The Kier molecular flexibility index (Phi) is 4.57. The third-order valence-corrected chi connectivity index (χ3v) is 3.08. The molecule has 0 saturated heterocycles. The van der Waals surface area contributed by atoms with Crippen molar-refractivity contribution < 1.29 is 4.79 Å². The first-order valence-electron chi connectivity index (χ1n) is 5.13. The molecule has 1 fully saturated rings. The molecular formula is C10H18ClNO. The Morgan fingerprint density at radius 2 is 2.31 bits per heavy atom. The first-order chi connectivity index (χ1) is 6.27. The SMILES string of the molecule is CCCC(=O)NC1CCCC1CCl. The van der Waals surface area contributed by atoms with Crippen molar-refractivity contribution in [3.05, 3.63) is 0 Å². The highest BCUT2D eigenvalue weighted by molar-refractivity contribution is 6.18. The van der Waals surface area contributed by atoms with Crippen LogP contribution in [0.4, 0.5) is 0 Å². The number of alkyl halides is 1. The molecular weight excluding hydrogens is 186 g/mol. The summed E-state index contributed by atoms with van der Waals surface area (Å²) < 4.78 is 0. The Morgan fingerprint density at radius 1 is 1.54 bits per heavy atom. The lowest BCUT2D eigenvalue weighted by Crippen LogP contribution is -2.37. The van der Waals surface area contributed by atoms with Crippen LogP contribution in [0.5, 0.6) is 0 Å². The van der Waals surface area contributed by atoms with Gasteiger partial charge in [0.15, 0.2) is 0 Å². The predicted molar refractivity (Wildman–Crippen MR) is 54.9 cm³/mol. The van der Waals surface area contributed by atoms with Crippen molar-refractivity contribution in [1.82, 2.24) is 5.32 Å². The van der Waals surface area contributed by atoms with Crippen molar-refractivity contribution in [2.45, 2.75) is 45.1 Å². The topological polar surface area (TPSA) is 29.1 Å². The average molecular weight is 204 g/mol. The van der Waals surface area contributed by atoms with Crippen LogP contribution in [0.25, 0.3) is 0 Å². The number of amides is 1. The Labute approximate surface area is 85.0 Å². The van der Waals surface area contributed by atoms with E-state index in [1.165, 1.54) is 12.8 Å². The van der Waals surface area contributed by atoms with E-state index in [2.05, 4.69) is 5.32 Å². The van der Waals surface area contributed by atoms with E-state index in [1.54, 1.807) is 0 Å². The first-order valence-corrected chi connectivity index (χ1v) is 5.66. The van der Waals surface area contributed by atoms with Gasteiger partial charge in [0.25, 0.3) is 0 Å². The lowest BCUT2D eigenvalue weighted by atomic mass is 10.1. The number of carbonyl (C=O) groups is 1. The number of rotatable bonds is 4. The van der Waals surface area contributed by atoms with E-state index in [9.17, 15) is 4.79 Å². The standard InChI is InChI=1S/C10H18ClNO/c1-2-4-10(13)12-9-6-3-5-8(9)7-11/h8-9H,2-7H2,1H3,(H,12,13). The average Bonchev–Trinajstić information content (AvgIpc) is 2.52. The van der Waals surface area contributed by atoms with Crippen molar-refractivity contribution in [3.8, 4) is 0 Å². The molecule has 0 aliphatic heterocycles. The molecule has 0 aromatic carbocycles. The summed E-state index contributed by atoms with van der Waals surface area (Å²) in [4.78, 5) is 11.3. The highest BCUT2D eigenvalue weighted by Gasteiger charge is 2.27. The molecule has 0 heterocycles. The van der Waals surface area contributed by atoms with Gasteiger partial charge < -0.3 is 5.32 Å². The summed E-state index contributed by atoms with van der Waals surface area (Å²) >= 11 is 5.81. The van der Waals surface area contributed by atoms with Crippen LogP contribution in [-0.4, -0.2) is 17.8 Å². The largest absolute Gasteiger partial charge is 0.353 e. The number of nitrogens with one attached hydrogen (secondary N) is 1. The maximum Gasteiger partial charge on any atom is 0.220 e. The molecule has 0 radical (unpaired) electrons. The lowest BCUT2D eigenvalue weighted by Gasteiger charge is -2.18. The molecule has 1 saturated carbocycles. The number of hydrogen-bond acceptors (Lipinski definition) is 1. The third kappa shape index (κ3) is 3.18. The molecule has 0 aromatic rings. The van der Waals surface area contributed by atoms with Gasteiger partial charge in [0.05, 0.1) is 0 Å². The van der Waals surface area contributed by atoms with Gasteiger partial charge in [-0.25, -0.2) is 0 Å². The van der Waals surface area contributed by atoms with Crippen LogP contribution in [0.15, 0.2) is 0 Å². The Morgan fingerprint density at radius 3 is 2.92 bits per heavy atom. The summed E-state index contributed by atoms with van der Waals surface area (Å²) in [6.07, 6.45) is 5.04. The third-order valence-electron chi connectivity index (χ3n) is 2.68. The second-order valence-electron chi connectivity index (χ2n) is 3.77. The molecule has 1 aliphatic carbocycles. The van der Waals surface area contributed by atoms with Crippen molar-refractivity contribution in [3.63, 3.8) is 0 Å². The van der Waals surface area contributed by atoms with Gasteiger partial charge >= 0.3 is 0 Å². The van der Waals surface area contributed by atoms with E-state index in [4.69, 9.17) is 11.6 Å². The molecule has 76 valence electrons. The molecule has 0 aromatic heterocycles. The molecule has 2 atom stereocenters. The molecule has 0 spiro atoms. The second-order valence-corrected chi connectivity index (χ2v) is 4.08. The molecule has 2 nitrogen and oxygen atoms in total. The van der Waals surface area contributed by atoms with E-state index >= 15 is 0 Å². The van der Waals surface area contributed by atoms with Crippen molar-refractivity contribution >= 4 is 17.5 Å². The number of halogens is 1. The fourth-order valence-electron chi connectivity index (χ4n) is 1.92. The van der Waals surface area contributed by atoms with E-state index in [1.807, 2.05) is 6.92 Å². The van der Waals surface area contributed by atoms with Crippen molar-refractivity contribution in [1.29, 1.82) is 0 Å². The quantitative estimate of drug-likeness (QED) is 0.699. The highest BCUT2D eigenvalue weighted by Crippen LogP contribution is 2.26. The fourth-order valence-corrected chi connectivity index (χ4v) is 2.29. The van der Waals surface area contributed by atoms with E-state index in [0.717, 1.165) is 12.8 Å². The minimum atomic E-state index is 0.185. The summed E-state index contributed by atoms with van der Waals surface area (Å²) in [7, 11) is 0. The van der Waals surface area contributed by atoms with Crippen LogP contribution in [0.1, 0.15) is 39.0 Å². The van der Waals surface area contributed by atoms with Crippen LogP contribution in [-0.2, 0) is 4.79 Å². The normalized spacial score (nSPS) is 27.5. The predicted octanol–water partition coefficient (Wildman–Crippen LogP) is 2.31. The van der Waals surface area contributed by atoms with E-state index in [-0.39, 0.29) is 5.91 Å². The van der Waals surface area contributed by atoms with E-state index in [0.29, 0.717) is 24.3 Å². The maximum atomic E-state index is 11.3. The first kappa shape index (κ1) is 10.8. The zero-order chi connectivity index (χ0) is 9.68. The van der Waals surface area contributed by atoms with Gasteiger partial charge in [0.2, 0.25) is 5.91 Å². The van der Waals surface area contributed by atoms with E-state index < -0.39 is 0 Å². The van der Waals surface area contributed by atoms with Gasteiger partial charge in [-0.15, -0.1) is 11.6 Å². The fraction of sp³-hybridized carbons (Fsp3) is 0.900. The number of hydrogen-bond donors (Lipinski definition) is 1. The second kappa shape index (κ2) is 5.48. The Hall–Kier alpha value is -0.240. The zero-order valence-electron chi connectivity index (χ0n) is 8.18. The van der Waals surface area contributed by atoms with Crippen LogP contribution in [0.2, 0.25) is 0 Å². The van der Waals surface area contributed by atoms with Crippen LogP contribution >= 0.6 is 11.6 Å². The smallest absolute Gasteiger partial charge is 0.220 e. The molecule has 2 unspecified atom stereocenters. The van der Waals surface area contributed by atoms with Crippen LogP contribution in [0, 0.1) is 5.92 Å². The van der Waals surface area contributed by atoms with Crippen molar-refractivity contribution in [2.75, 3.05) is 5.88 Å². The molecule has 1 aliphatic rings. The van der Waals surface area contributed by atoms with Crippen molar-refractivity contribution in [2.24, 2.45) is 5.92 Å². The summed E-state index contributed by atoms with van der Waals surface area (Å²) in [5.74, 6) is 1.36. The summed E-state index contributed by atoms with van der Waals surface area (Å²) in [5.41, 5.74) is 0. The monoisotopic (exact) mass is 203 g/mol. The molecule has 13 heavy (non-hydrogen) atoms. The maximum absolute atomic E-state index is 11.3. The molecule has 1 amide bonds. The van der Waals surface area contributed by atoms with Gasteiger partial charge in [-0.3, -0.25) is 4.79 Å². The number of carbonyl (C=O) groups excluding carboxylic acids is 1. The minimum absolute atomic E-state index is 0.185. The van der Waals surface area contributed by atoms with Gasteiger partial charge in [-0.1, -0.05) is 13.3 Å². The Bertz CT molecular complexity index is 172. The van der Waals surface area contributed by atoms with Gasteiger partial charge in [-0.2, -0.15) is 0 Å². The van der Waals surface area contributed by atoms with Crippen LogP contribution < -0.4 is 5.32 Å². The zero-order valence-corrected chi connectivity index (χ0v) is 8.94. The summed E-state index contributed by atoms with van der Waals surface area (Å²) in [5, 5.41) is 3.06. The molecule has 1 rings (SSSR count). The molecule has 0 bridgehead atoms. The highest BCUT2D eigenvalue weighted by atomic mass is 35.5. The van der Waals surface area contributed by atoms with Gasteiger partial charge in [0.1, 0.15) is 0 Å². The van der Waals surface area contributed by atoms with Gasteiger partial charge in [0, 0.05) is 18.3 Å². The lowest BCUT2D eigenvalue weighted by molar-refractivity contribution is -0.122. The van der Waals surface area contributed by atoms with Gasteiger partial charge in [-0.05, 0) is 25.2 Å². The molecule has 3 heteroatoms. The van der Waals surface area contributed by atoms with Crippen LogP contribution in [0.3, 0.4) is 0 Å². The molecule has 1 N–H and O–H groups in total. The Balaban J connectivity index is 2.30.